The van der Waals surface area contributed by atoms with Crippen LogP contribution in [0.3, 0.4) is 0 Å². The second-order valence-electron chi connectivity index (χ2n) is 6.25. The number of hydrogen-bond acceptors (Lipinski definition) is 5. The molecule has 0 bridgehead atoms. The highest BCUT2D eigenvalue weighted by Crippen LogP contribution is 2.35. The number of likely N-dealkylation sites (N-methyl/N-ethyl adjacent to an activating group) is 1. The Kier molecular flexibility index (Phi) is 4.08. The summed E-state index contributed by atoms with van der Waals surface area (Å²) in [5, 5.41) is 7.70. The molecule has 20 heavy (non-hydrogen) atoms. The first kappa shape index (κ1) is 14.0. The number of nitrogens with zero attached hydrogens (tertiary/aromatic N) is 2. The topological polar surface area (TPSA) is 60.2 Å². The molecule has 3 rings (SSSR count). The molecule has 1 aromatic rings. The maximum absolute atomic E-state index is 5.88. The number of aromatic nitrogens is 2. The van der Waals surface area contributed by atoms with Gasteiger partial charge in [-0.15, -0.1) is 0 Å². The van der Waals surface area contributed by atoms with Crippen LogP contribution in [0.25, 0.3) is 0 Å². The third-order valence-corrected chi connectivity index (χ3v) is 4.46. The van der Waals surface area contributed by atoms with E-state index < -0.39 is 0 Å². The van der Waals surface area contributed by atoms with Crippen LogP contribution >= 0.6 is 0 Å². The summed E-state index contributed by atoms with van der Waals surface area (Å²) in [5.41, 5.74) is -0.354. The normalized spacial score (nSPS) is 28.5. The van der Waals surface area contributed by atoms with Crippen LogP contribution in [-0.2, 0) is 16.8 Å². The average Bonchev–Trinajstić information content (AvgIpc) is 3.18. The molecule has 1 N–H and O–H groups in total. The first-order valence-electron chi connectivity index (χ1n) is 7.91. The van der Waals surface area contributed by atoms with Crippen LogP contribution < -0.4 is 5.32 Å². The molecule has 5 nitrogen and oxygen atoms in total. The Balaban J connectivity index is 1.66. The number of hydrogen-bond donors (Lipinski definition) is 1. The van der Waals surface area contributed by atoms with Gasteiger partial charge in [-0.3, -0.25) is 0 Å². The first-order valence-corrected chi connectivity index (χ1v) is 7.91. The van der Waals surface area contributed by atoms with E-state index in [1.54, 1.807) is 0 Å². The molecule has 2 fully saturated rings. The minimum atomic E-state index is -0.354. The Labute approximate surface area is 120 Å². The SMILES string of the molecule is CCNC(Cc1nc(C2(C)CCCCO2)no1)C1CC1. The van der Waals surface area contributed by atoms with E-state index in [0.29, 0.717) is 6.04 Å². The standard InChI is InChI=1S/C15H25N3O2/c1-3-16-12(11-6-7-11)10-13-17-14(18-20-13)15(2)8-4-5-9-19-15/h11-12,16H,3-10H2,1-2H3. The third-order valence-electron chi connectivity index (χ3n) is 4.46. The van der Waals surface area contributed by atoms with Gasteiger partial charge in [0.1, 0.15) is 5.60 Å². The third kappa shape index (κ3) is 3.04. The van der Waals surface area contributed by atoms with Crippen molar-refractivity contribution in [2.24, 2.45) is 5.92 Å². The summed E-state index contributed by atoms with van der Waals surface area (Å²) in [5.74, 6) is 2.25. The molecule has 0 amide bonds. The van der Waals surface area contributed by atoms with Crippen molar-refractivity contribution < 1.29 is 9.26 Å². The van der Waals surface area contributed by atoms with Gasteiger partial charge in [-0.25, -0.2) is 0 Å². The van der Waals surface area contributed by atoms with E-state index in [9.17, 15) is 0 Å². The fourth-order valence-corrected chi connectivity index (χ4v) is 3.02. The molecule has 0 radical (unpaired) electrons. The maximum Gasteiger partial charge on any atom is 0.228 e. The lowest BCUT2D eigenvalue weighted by Gasteiger charge is -2.30. The van der Waals surface area contributed by atoms with Gasteiger partial charge >= 0.3 is 0 Å². The van der Waals surface area contributed by atoms with E-state index in [1.165, 1.54) is 19.3 Å². The summed E-state index contributed by atoms with van der Waals surface area (Å²) in [4.78, 5) is 4.60. The van der Waals surface area contributed by atoms with Crippen LogP contribution in [0, 0.1) is 5.92 Å². The van der Waals surface area contributed by atoms with Gasteiger partial charge in [0.25, 0.3) is 0 Å². The Morgan fingerprint density at radius 1 is 1.40 bits per heavy atom. The van der Waals surface area contributed by atoms with E-state index in [2.05, 4.69) is 29.3 Å². The number of nitrogens with one attached hydrogen (secondary N) is 1. The molecule has 0 spiro atoms. The fourth-order valence-electron chi connectivity index (χ4n) is 3.02. The van der Waals surface area contributed by atoms with E-state index in [-0.39, 0.29) is 5.60 Å². The van der Waals surface area contributed by atoms with Crippen molar-refractivity contribution in [1.29, 1.82) is 0 Å². The predicted octanol–water partition coefficient (Wildman–Crippen LogP) is 2.42. The molecule has 2 unspecified atom stereocenters. The van der Waals surface area contributed by atoms with Crippen molar-refractivity contribution in [3.05, 3.63) is 11.7 Å². The summed E-state index contributed by atoms with van der Waals surface area (Å²) in [6, 6.07) is 0.480. The summed E-state index contributed by atoms with van der Waals surface area (Å²) in [6.07, 6.45) is 6.75. The maximum atomic E-state index is 5.88. The van der Waals surface area contributed by atoms with Gasteiger partial charge in [-0.1, -0.05) is 12.1 Å². The minimum Gasteiger partial charge on any atom is -0.367 e. The first-order chi connectivity index (χ1) is 9.71. The fraction of sp³-hybridized carbons (Fsp3) is 0.867. The summed E-state index contributed by atoms with van der Waals surface area (Å²) in [6.45, 7) is 6.00. The van der Waals surface area contributed by atoms with Crippen LogP contribution in [0.4, 0.5) is 0 Å². The Hall–Kier alpha value is -0.940. The van der Waals surface area contributed by atoms with Crippen LogP contribution in [0.15, 0.2) is 4.52 Å². The molecular weight excluding hydrogens is 254 g/mol. The zero-order chi connectivity index (χ0) is 14.0. The van der Waals surface area contributed by atoms with E-state index in [1.807, 2.05) is 0 Å². The van der Waals surface area contributed by atoms with Gasteiger partial charge in [0, 0.05) is 19.1 Å². The molecule has 1 saturated heterocycles. The highest BCUT2D eigenvalue weighted by Gasteiger charge is 2.36. The highest BCUT2D eigenvalue weighted by atomic mass is 16.5. The Morgan fingerprint density at radius 2 is 2.25 bits per heavy atom. The van der Waals surface area contributed by atoms with Crippen molar-refractivity contribution in [3.63, 3.8) is 0 Å². The Morgan fingerprint density at radius 3 is 2.90 bits per heavy atom. The highest BCUT2D eigenvalue weighted by molar-refractivity contribution is 5.02. The van der Waals surface area contributed by atoms with Crippen LogP contribution in [-0.4, -0.2) is 29.3 Å². The summed E-state index contributed by atoms with van der Waals surface area (Å²) < 4.78 is 11.3. The molecule has 5 heteroatoms. The Bertz CT molecular complexity index is 436. The molecule has 2 atom stereocenters. The van der Waals surface area contributed by atoms with Gasteiger partial charge in [-0.05, 0) is 51.5 Å². The van der Waals surface area contributed by atoms with Crippen molar-refractivity contribution in [3.8, 4) is 0 Å². The van der Waals surface area contributed by atoms with Crippen LogP contribution in [0.1, 0.15) is 57.7 Å². The van der Waals surface area contributed by atoms with Gasteiger partial charge in [-0.2, -0.15) is 4.98 Å². The summed E-state index contributed by atoms with van der Waals surface area (Å²) >= 11 is 0. The number of rotatable bonds is 6. The lowest BCUT2D eigenvalue weighted by atomic mass is 9.95. The van der Waals surface area contributed by atoms with Crippen LogP contribution in [0.5, 0.6) is 0 Å². The molecule has 1 saturated carbocycles. The van der Waals surface area contributed by atoms with Crippen molar-refractivity contribution in [1.82, 2.24) is 15.5 Å². The molecule has 2 heterocycles. The molecule has 1 aliphatic carbocycles. The summed E-state index contributed by atoms with van der Waals surface area (Å²) in [7, 11) is 0. The van der Waals surface area contributed by atoms with Gasteiger partial charge in [0.05, 0.1) is 0 Å². The molecule has 112 valence electrons. The second kappa shape index (κ2) is 5.82. The van der Waals surface area contributed by atoms with Gasteiger partial charge < -0.3 is 14.6 Å². The molecule has 1 aliphatic heterocycles. The average molecular weight is 279 g/mol. The van der Waals surface area contributed by atoms with E-state index in [0.717, 1.165) is 50.0 Å². The predicted molar refractivity (Wildman–Crippen MR) is 75.3 cm³/mol. The molecule has 1 aromatic heterocycles. The molecule has 2 aliphatic rings. The minimum absolute atomic E-state index is 0.354. The van der Waals surface area contributed by atoms with Crippen molar-refractivity contribution >= 4 is 0 Å². The lowest BCUT2D eigenvalue weighted by molar-refractivity contribution is -0.0770. The monoisotopic (exact) mass is 279 g/mol. The second-order valence-corrected chi connectivity index (χ2v) is 6.25. The van der Waals surface area contributed by atoms with E-state index in [4.69, 9.17) is 9.26 Å². The lowest BCUT2D eigenvalue weighted by Crippen LogP contribution is -2.33. The quantitative estimate of drug-likeness (QED) is 0.866. The molecule has 0 aromatic carbocycles. The number of ether oxygens (including phenoxy) is 1. The zero-order valence-electron chi connectivity index (χ0n) is 12.5. The van der Waals surface area contributed by atoms with Crippen molar-refractivity contribution in [2.45, 2.75) is 64.0 Å². The van der Waals surface area contributed by atoms with Crippen LogP contribution in [0.2, 0.25) is 0 Å². The van der Waals surface area contributed by atoms with Gasteiger partial charge in [0.2, 0.25) is 11.7 Å². The zero-order valence-corrected chi connectivity index (χ0v) is 12.5. The smallest absolute Gasteiger partial charge is 0.228 e. The van der Waals surface area contributed by atoms with Crippen molar-refractivity contribution in [2.75, 3.05) is 13.2 Å². The van der Waals surface area contributed by atoms with Gasteiger partial charge in [0.15, 0.2) is 0 Å². The largest absolute Gasteiger partial charge is 0.367 e. The molecular formula is C15H25N3O2. The van der Waals surface area contributed by atoms with E-state index >= 15 is 0 Å².